The van der Waals surface area contributed by atoms with Crippen molar-refractivity contribution < 1.29 is 32.6 Å². The average molecular weight is 333 g/mol. The van der Waals surface area contributed by atoms with Crippen LogP contribution >= 0.6 is 0 Å². The van der Waals surface area contributed by atoms with Crippen molar-refractivity contribution in [3.05, 3.63) is 29.8 Å². The topological polar surface area (TPSA) is 75.6 Å². The molecule has 0 aromatic heterocycles. The molecule has 0 saturated heterocycles. The first kappa shape index (κ1) is 18.8. The first-order valence-corrected chi connectivity index (χ1v) is 6.88. The number of aliphatic carboxylic acids is 1. The van der Waals surface area contributed by atoms with Gasteiger partial charge in [0.1, 0.15) is 11.3 Å². The fourth-order valence-corrected chi connectivity index (χ4v) is 1.74. The third-order valence-corrected chi connectivity index (χ3v) is 3.26. The molecular formula is C15H18F3NO4. The van der Waals surface area contributed by atoms with Crippen LogP contribution in [0.1, 0.15) is 25.8 Å². The van der Waals surface area contributed by atoms with Crippen molar-refractivity contribution in [3.8, 4) is 5.75 Å². The molecule has 1 unspecified atom stereocenters. The lowest BCUT2D eigenvalue weighted by Crippen LogP contribution is -2.52. The van der Waals surface area contributed by atoms with E-state index in [9.17, 15) is 22.8 Å². The van der Waals surface area contributed by atoms with Crippen LogP contribution in [0.5, 0.6) is 5.75 Å². The zero-order chi connectivity index (χ0) is 17.7. The van der Waals surface area contributed by atoms with Crippen LogP contribution in [0.25, 0.3) is 0 Å². The summed E-state index contributed by atoms with van der Waals surface area (Å²) < 4.78 is 40.9. The predicted molar refractivity (Wildman–Crippen MR) is 76.2 cm³/mol. The van der Waals surface area contributed by atoms with Crippen LogP contribution in [0.15, 0.2) is 24.3 Å². The van der Waals surface area contributed by atoms with Gasteiger partial charge in [0, 0.05) is 0 Å². The number of amides is 1. The van der Waals surface area contributed by atoms with Gasteiger partial charge < -0.3 is 15.2 Å². The quantitative estimate of drug-likeness (QED) is 0.804. The molecule has 5 nitrogen and oxygen atoms in total. The van der Waals surface area contributed by atoms with Gasteiger partial charge in [-0.05, 0) is 31.0 Å². The Labute approximate surface area is 131 Å². The van der Waals surface area contributed by atoms with Gasteiger partial charge in [0.25, 0.3) is 0 Å². The Morgan fingerprint density at radius 3 is 2.48 bits per heavy atom. The number of rotatable bonds is 7. The second-order valence-corrected chi connectivity index (χ2v) is 5.27. The maximum Gasteiger partial charge on any atom is 0.422 e. The Morgan fingerprint density at radius 1 is 1.30 bits per heavy atom. The minimum atomic E-state index is -4.45. The highest BCUT2D eigenvalue weighted by atomic mass is 19.4. The summed E-state index contributed by atoms with van der Waals surface area (Å²) in [5.41, 5.74) is -0.965. The number of carboxylic acids is 1. The molecule has 1 aromatic rings. The van der Waals surface area contributed by atoms with Crippen molar-refractivity contribution >= 4 is 11.9 Å². The Balaban J connectivity index is 2.70. The predicted octanol–water partition coefficient (Wildman–Crippen LogP) is 2.54. The molecule has 1 amide bonds. The van der Waals surface area contributed by atoms with E-state index in [4.69, 9.17) is 5.11 Å². The number of carbonyl (C=O) groups is 2. The van der Waals surface area contributed by atoms with Crippen LogP contribution in [0.2, 0.25) is 0 Å². The number of nitrogens with one attached hydrogen (secondary N) is 1. The molecule has 1 atom stereocenters. The number of carbonyl (C=O) groups excluding carboxylic acids is 1. The monoisotopic (exact) mass is 333 g/mol. The summed E-state index contributed by atoms with van der Waals surface area (Å²) in [5.74, 6) is -1.70. The lowest BCUT2D eigenvalue weighted by atomic mass is 9.98. The zero-order valence-corrected chi connectivity index (χ0v) is 12.7. The van der Waals surface area contributed by atoms with E-state index in [-0.39, 0.29) is 18.6 Å². The zero-order valence-electron chi connectivity index (χ0n) is 12.7. The molecule has 0 spiro atoms. The van der Waals surface area contributed by atoms with Gasteiger partial charge >= 0.3 is 12.1 Å². The minimum Gasteiger partial charge on any atom is -0.484 e. The number of carboxylic acid groups (broad SMARTS) is 1. The number of hydrogen-bond acceptors (Lipinski definition) is 3. The summed E-state index contributed by atoms with van der Waals surface area (Å²) in [5, 5.41) is 11.5. The van der Waals surface area contributed by atoms with Gasteiger partial charge in [0.15, 0.2) is 6.61 Å². The van der Waals surface area contributed by atoms with Crippen molar-refractivity contribution in [2.75, 3.05) is 6.61 Å². The van der Waals surface area contributed by atoms with E-state index in [1.165, 1.54) is 25.1 Å². The number of benzene rings is 1. The van der Waals surface area contributed by atoms with Crippen LogP contribution in [0.4, 0.5) is 13.2 Å². The van der Waals surface area contributed by atoms with Gasteiger partial charge in [-0.25, -0.2) is 4.79 Å². The molecule has 0 heterocycles. The molecule has 1 rings (SSSR count). The van der Waals surface area contributed by atoms with Crippen molar-refractivity contribution in [1.82, 2.24) is 5.32 Å². The summed E-state index contributed by atoms with van der Waals surface area (Å²) in [4.78, 5) is 23.1. The van der Waals surface area contributed by atoms with Gasteiger partial charge in [0.05, 0.1) is 6.42 Å². The molecule has 0 aliphatic rings. The van der Waals surface area contributed by atoms with E-state index >= 15 is 0 Å². The van der Waals surface area contributed by atoms with Crippen molar-refractivity contribution in [2.24, 2.45) is 0 Å². The largest absolute Gasteiger partial charge is 0.484 e. The highest BCUT2D eigenvalue weighted by molar-refractivity contribution is 5.87. The molecular weight excluding hydrogens is 315 g/mol. The van der Waals surface area contributed by atoms with Gasteiger partial charge in [0.2, 0.25) is 5.91 Å². The second-order valence-electron chi connectivity index (χ2n) is 5.27. The van der Waals surface area contributed by atoms with Crippen LogP contribution in [-0.2, 0) is 16.0 Å². The Bertz CT molecular complexity index is 574. The van der Waals surface area contributed by atoms with E-state index in [2.05, 4.69) is 10.1 Å². The Hall–Kier alpha value is -2.25. The molecule has 0 saturated carbocycles. The number of ether oxygens (including phenoxy) is 1. The maximum atomic E-state index is 12.1. The number of alkyl halides is 3. The summed E-state index contributed by atoms with van der Waals surface area (Å²) in [6.07, 6.45) is -4.41. The molecule has 0 aliphatic carbocycles. The van der Waals surface area contributed by atoms with Gasteiger partial charge in [-0.15, -0.1) is 0 Å². The van der Waals surface area contributed by atoms with E-state index in [0.29, 0.717) is 5.56 Å². The molecule has 0 bridgehead atoms. The van der Waals surface area contributed by atoms with Crippen LogP contribution in [-0.4, -0.2) is 35.3 Å². The summed E-state index contributed by atoms with van der Waals surface area (Å²) in [7, 11) is 0. The van der Waals surface area contributed by atoms with E-state index in [0.717, 1.165) is 0 Å². The lowest BCUT2D eigenvalue weighted by Gasteiger charge is -2.24. The normalized spacial score (nSPS) is 14.0. The van der Waals surface area contributed by atoms with E-state index in [1.807, 2.05) is 0 Å². The van der Waals surface area contributed by atoms with Crippen LogP contribution in [0.3, 0.4) is 0 Å². The summed E-state index contributed by atoms with van der Waals surface area (Å²) in [6.45, 7) is 1.59. The molecule has 2 N–H and O–H groups in total. The van der Waals surface area contributed by atoms with E-state index in [1.54, 1.807) is 13.0 Å². The second kappa shape index (κ2) is 7.34. The first-order valence-electron chi connectivity index (χ1n) is 6.88. The van der Waals surface area contributed by atoms with Gasteiger partial charge in [-0.2, -0.15) is 13.2 Å². The standard InChI is InChI=1S/C15H18F3NO4/c1-3-14(2,13(21)22)19-12(20)8-10-5-4-6-11(7-10)23-9-15(16,17)18/h4-7H,3,8-9H2,1-2H3,(H,19,20)(H,21,22). The summed E-state index contributed by atoms with van der Waals surface area (Å²) in [6, 6.07) is 5.67. The fourth-order valence-electron chi connectivity index (χ4n) is 1.74. The SMILES string of the molecule is CCC(C)(NC(=O)Cc1cccc(OCC(F)(F)F)c1)C(=O)O. The lowest BCUT2D eigenvalue weighted by molar-refractivity contribution is -0.153. The molecule has 1 aromatic carbocycles. The highest BCUT2D eigenvalue weighted by Gasteiger charge is 2.32. The van der Waals surface area contributed by atoms with Gasteiger partial charge in [-0.3, -0.25) is 4.79 Å². The molecule has 8 heteroatoms. The molecule has 128 valence electrons. The van der Waals surface area contributed by atoms with Crippen molar-refractivity contribution in [2.45, 2.75) is 38.4 Å². The van der Waals surface area contributed by atoms with Crippen LogP contribution < -0.4 is 10.1 Å². The van der Waals surface area contributed by atoms with Crippen molar-refractivity contribution in [1.29, 1.82) is 0 Å². The minimum absolute atomic E-state index is 0.0101. The molecule has 0 aliphatic heterocycles. The molecule has 0 radical (unpaired) electrons. The van der Waals surface area contributed by atoms with Gasteiger partial charge in [-0.1, -0.05) is 19.1 Å². The maximum absolute atomic E-state index is 12.1. The molecule has 23 heavy (non-hydrogen) atoms. The third kappa shape index (κ3) is 6.17. The molecule has 0 fully saturated rings. The summed E-state index contributed by atoms with van der Waals surface area (Å²) >= 11 is 0. The van der Waals surface area contributed by atoms with Crippen molar-refractivity contribution in [3.63, 3.8) is 0 Å². The van der Waals surface area contributed by atoms with E-state index < -0.39 is 30.2 Å². The third-order valence-electron chi connectivity index (χ3n) is 3.26. The first-order chi connectivity index (χ1) is 10.6. The average Bonchev–Trinajstić information content (AvgIpc) is 2.44. The number of hydrogen-bond donors (Lipinski definition) is 2. The Morgan fingerprint density at radius 2 is 1.96 bits per heavy atom. The van der Waals surface area contributed by atoms with Crippen LogP contribution in [0, 0.1) is 0 Å². The smallest absolute Gasteiger partial charge is 0.422 e. The fraction of sp³-hybridized carbons (Fsp3) is 0.467. The Kier molecular flexibility index (Phi) is 6.00. The number of halogens is 3. The highest BCUT2D eigenvalue weighted by Crippen LogP contribution is 2.20.